The summed E-state index contributed by atoms with van der Waals surface area (Å²) in [6.07, 6.45) is 0.900. The Morgan fingerprint density at radius 1 is 0.652 bits per heavy atom. The first-order valence-electron chi connectivity index (χ1n) is 7.59. The van der Waals surface area contributed by atoms with Gasteiger partial charge in [0, 0.05) is 10.9 Å². The van der Waals surface area contributed by atoms with E-state index in [0.29, 0.717) is 0 Å². The van der Waals surface area contributed by atoms with Gasteiger partial charge in [0.25, 0.3) is 0 Å². The number of hydrogen-bond acceptors (Lipinski definition) is 1. The highest BCUT2D eigenvalue weighted by molar-refractivity contribution is 6.07. The lowest BCUT2D eigenvalue weighted by Gasteiger charge is -2.08. The van der Waals surface area contributed by atoms with E-state index in [2.05, 4.69) is 18.2 Å². The number of rotatable bonds is 3. The summed E-state index contributed by atoms with van der Waals surface area (Å²) in [5.74, 6) is 0. The number of fused-ring (bicyclic) bond motifs is 1. The lowest BCUT2D eigenvalue weighted by atomic mass is 9.98. The zero-order valence-electron chi connectivity index (χ0n) is 12.5. The molecule has 3 aromatic carbocycles. The molecule has 0 spiro atoms. The summed E-state index contributed by atoms with van der Waals surface area (Å²) in [6.45, 7) is 0. The molecule has 0 amide bonds. The minimum atomic E-state index is 0.900. The second-order valence-corrected chi connectivity index (χ2v) is 5.45. The lowest BCUT2D eigenvalue weighted by Crippen LogP contribution is -1.97. The molecule has 0 saturated carbocycles. The number of hydrogen-bond donors (Lipinski definition) is 0. The Morgan fingerprint density at radius 3 is 1.87 bits per heavy atom. The van der Waals surface area contributed by atoms with Gasteiger partial charge >= 0.3 is 0 Å². The standard InChI is InChI=1S/C21H15NO/c23-15-22-19-14-8-7-13-18(19)20(16-9-3-1-4-10-16)21(22)17-11-5-2-6-12-17/h1-15H. The van der Waals surface area contributed by atoms with Crippen LogP contribution in [0.25, 0.3) is 33.3 Å². The molecule has 2 nitrogen and oxygen atoms in total. The Bertz CT molecular complexity index is 969. The van der Waals surface area contributed by atoms with E-state index in [-0.39, 0.29) is 0 Å². The van der Waals surface area contributed by atoms with Gasteiger partial charge in [-0.3, -0.25) is 9.36 Å². The summed E-state index contributed by atoms with van der Waals surface area (Å²) < 4.78 is 1.74. The van der Waals surface area contributed by atoms with Crippen molar-refractivity contribution >= 4 is 17.3 Å². The van der Waals surface area contributed by atoms with E-state index in [4.69, 9.17) is 0 Å². The van der Waals surface area contributed by atoms with Crippen LogP contribution in [0.1, 0.15) is 0 Å². The topological polar surface area (TPSA) is 22.0 Å². The van der Waals surface area contributed by atoms with Gasteiger partial charge in [0.2, 0.25) is 6.41 Å². The molecule has 23 heavy (non-hydrogen) atoms. The van der Waals surface area contributed by atoms with Gasteiger partial charge in [-0.25, -0.2) is 0 Å². The van der Waals surface area contributed by atoms with Crippen LogP contribution >= 0.6 is 0 Å². The van der Waals surface area contributed by atoms with E-state index >= 15 is 0 Å². The van der Waals surface area contributed by atoms with Gasteiger partial charge < -0.3 is 0 Å². The third kappa shape index (κ3) is 2.16. The predicted molar refractivity (Wildman–Crippen MR) is 95.0 cm³/mol. The van der Waals surface area contributed by atoms with Crippen LogP contribution in [0, 0.1) is 0 Å². The molecule has 0 unspecified atom stereocenters. The summed E-state index contributed by atoms with van der Waals surface area (Å²) in [5.41, 5.74) is 5.12. The third-order valence-corrected chi connectivity index (χ3v) is 4.13. The fourth-order valence-electron chi connectivity index (χ4n) is 3.15. The molecule has 110 valence electrons. The molecule has 0 radical (unpaired) electrons. The van der Waals surface area contributed by atoms with Gasteiger partial charge in [-0.15, -0.1) is 0 Å². The van der Waals surface area contributed by atoms with E-state index in [1.54, 1.807) is 4.57 Å². The summed E-state index contributed by atoms with van der Waals surface area (Å²) in [7, 11) is 0. The van der Waals surface area contributed by atoms with E-state index in [1.807, 2.05) is 66.7 Å². The van der Waals surface area contributed by atoms with E-state index in [1.165, 1.54) is 0 Å². The summed E-state index contributed by atoms with van der Waals surface area (Å²) in [4.78, 5) is 11.8. The Balaban J connectivity index is 2.17. The summed E-state index contributed by atoms with van der Waals surface area (Å²) in [6, 6.07) is 28.3. The highest BCUT2D eigenvalue weighted by Crippen LogP contribution is 2.39. The van der Waals surface area contributed by atoms with Crippen LogP contribution in [0.4, 0.5) is 0 Å². The van der Waals surface area contributed by atoms with Crippen molar-refractivity contribution < 1.29 is 4.79 Å². The largest absolute Gasteiger partial charge is 0.282 e. The second kappa shape index (κ2) is 5.58. The SMILES string of the molecule is O=Cn1c(-c2ccccc2)c(-c2ccccc2)c2ccccc21. The van der Waals surface area contributed by atoms with Crippen molar-refractivity contribution in [3.63, 3.8) is 0 Å². The number of carbonyl (C=O) groups is 1. The molecule has 0 aliphatic heterocycles. The van der Waals surface area contributed by atoms with Gasteiger partial charge in [-0.1, -0.05) is 78.9 Å². The van der Waals surface area contributed by atoms with Crippen LogP contribution in [-0.2, 0) is 4.79 Å². The molecule has 0 bridgehead atoms. The molecule has 0 aliphatic rings. The van der Waals surface area contributed by atoms with Gasteiger partial charge in [-0.2, -0.15) is 0 Å². The molecule has 1 aromatic heterocycles. The number of aromatic nitrogens is 1. The predicted octanol–water partition coefficient (Wildman–Crippen LogP) is 5.01. The molecular weight excluding hydrogens is 282 g/mol. The Labute approximate surface area is 134 Å². The molecule has 0 aliphatic carbocycles. The third-order valence-electron chi connectivity index (χ3n) is 4.13. The smallest absolute Gasteiger partial charge is 0.218 e. The Kier molecular flexibility index (Phi) is 3.28. The first-order valence-corrected chi connectivity index (χ1v) is 7.59. The van der Waals surface area contributed by atoms with Crippen LogP contribution < -0.4 is 0 Å². The molecule has 2 heteroatoms. The lowest BCUT2D eigenvalue weighted by molar-refractivity contribution is 0.549. The van der Waals surface area contributed by atoms with Crippen LogP contribution in [0.15, 0.2) is 84.9 Å². The maximum absolute atomic E-state index is 11.8. The van der Waals surface area contributed by atoms with Crippen molar-refractivity contribution in [3.05, 3.63) is 84.9 Å². The van der Waals surface area contributed by atoms with Crippen molar-refractivity contribution in [2.24, 2.45) is 0 Å². The molecular formula is C21H15NO. The van der Waals surface area contributed by atoms with E-state index in [0.717, 1.165) is 39.7 Å². The number of carbonyl (C=O) groups excluding carboxylic acids is 1. The average molecular weight is 297 g/mol. The maximum Gasteiger partial charge on any atom is 0.218 e. The van der Waals surface area contributed by atoms with Crippen LogP contribution in [0.2, 0.25) is 0 Å². The maximum atomic E-state index is 11.8. The monoisotopic (exact) mass is 297 g/mol. The van der Waals surface area contributed by atoms with E-state index < -0.39 is 0 Å². The van der Waals surface area contributed by atoms with Gasteiger partial charge in [0.1, 0.15) is 0 Å². The minimum Gasteiger partial charge on any atom is -0.282 e. The quantitative estimate of drug-likeness (QED) is 0.487. The highest BCUT2D eigenvalue weighted by Gasteiger charge is 2.19. The molecule has 0 atom stereocenters. The van der Waals surface area contributed by atoms with Crippen molar-refractivity contribution in [2.45, 2.75) is 0 Å². The number of nitrogens with zero attached hydrogens (tertiary/aromatic N) is 1. The molecule has 0 fully saturated rings. The van der Waals surface area contributed by atoms with Gasteiger partial charge in [0.15, 0.2) is 0 Å². The van der Waals surface area contributed by atoms with Crippen molar-refractivity contribution in [1.29, 1.82) is 0 Å². The summed E-state index contributed by atoms with van der Waals surface area (Å²) >= 11 is 0. The average Bonchev–Trinajstić information content (AvgIpc) is 2.97. The molecule has 0 N–H and O–H groups in total. The van der Waals surface area contributed by atoms with Crippen molar-refractivity contribution in [3.8, 4) is 22.4 Å². The number of benzene rings is 3. The Hall–Kier alpha value is -3.13. The van der Waals surface area contributed by atoms with Crippen LogP contribution in [-0.4, -0.2) is 11.0 Å². The van der Waals surface area contributed by atoms with Gasteiger partial charge in [-0.05, 0) is 17.2 Å². The van der Waals surface area contributed by atoms with E-state index in [9.17, 15) is 4.79 Å². The first kappa shape index (κ1) is 13.5. The second-order valence-electron chi connectivity index (χ2n) is 5.45. The molecule has 1 heterocycles. The molecule has 4 rings (SSSR count). The normalized spacial score (nSPS) is 10.8. The highest BCUT2D eigenvalue weighted by atomic mass is 16.1. The van der Waals surface area contributed by atoms with Gasteiger partial charge in [0.05, 0.1) is 11.2 Å². The molecule has 0 saturated heterocycles. The fourth-order valence-corrected chi connectivity index (χ4v) is 3.15. The minimum absolute atomic E-state index is 0.900. The zero-order valence-corrected chi connectivity index (χ0v) is 12.5. The first-order chi connectivity index (χ1) is 11.4. The zero-order chi connectivity index (χ0) is 15.6. The van der Waals surface area contributed by atoms with Crippen molar-refractivity contribution in [1.82, 2.24) is 4.57 Å². The van der Waals surface area contributed by atoms with Crippen LogP contribution in [0.3, 0.4) is 0 Å². The number of para-hydroxylation sites is 1. The van der Waals surface area contributed by atoms with Crippen molar-refractivity contribution in [2.75, 3.05) is 0 Å². The Morgan fingerprint density at radius 2 is 1.22 bits per heavy atom. The summed E-state index contributed by atoms with van der Waals surface area (Å²) in [5, 5.41) is 1.09. The van der Waals surface area contributed by atoms with Crippen LogP contribution in [0.5, 0.6) is 0 Å². The molecule has 4 aromatic rings. The fraction of sp³-hybridized carbons (Fsp3) is 0.